The summed E-state index contributed by atoms with van der Waals surface area (Å²) in [5.41, 5.74) is 3.25. The molecule has 0 spiro atoms. The Morgan fingerprint density at radius 1 is 0.769 bits per heavy atom. The van der Waals surface area contributed by atoms with E-state index in [1.807, 2.05) is 0 Å². The third-order valence-corrected chi connectivity index (χ3v) is 2.68. The molecule has 0 aromatic carbocycles. The number of nitrogens with zero attached hydrogens (tertiary/aromatic N) is 1. The van der Waals surface area contributed by atoms with Gasteiger partial charge in [0.05, 0.1) is 33.2 Å². The highest BCUT2D eigenvalue weighted by Gasteiger charge is 2.16. The summed E-state index contributed by atoms with van der Waals surface area (Å²) < 4.78 is 1.28. The Morgan fingerprint density at radius 3 is 0.923 bits per heavy atom. The minimum absolute atomic E-state index is 0. The van der Waals surface area contributed by atoms with Gasteiger partial charge in [-0.2, -0.15) is 0 Å². The molecular weight excluding hydrogens is 298 g/mol. The molecule has 0 aromatic heterocycles. The molecule has 0 amide bonds. The maximum atomic E-state index is 3.25. The van der Waals surface area contributed by atoms with Crippen LogP contribution in [0.25, 0.3) is 0 Å². The Balaban J connectivity index is -0.0000000941. The smallest absolute Gasteiger partial charge is 0.0757 e. The molecule has 0 fully saturated rings. The molecule has 3 N–H and O–H groups in total. The van der Waals surface area contributed by atoms with Gasteiger partial charge in [0.15, 0.2) is 0 Å². The van der Waals surface area contributed by atoms with Crippen molar-refractivity contribution in [3.63, 3.8) is 0 Å². The van der Waals surface area contributed by atoms with Gasteiger partial charge in [0.1, 0.15) is 0 Å². The highest BCUT2D eigenvalue weighted by Crippen LogP contribution is 2.03. The number of hydrogen-bond donors (Lipinski definition) is 1. The van der Waals surface area contributed by atoms with Crippen LogP contribution in [0.3, 0.4) is 0 Å². The summed E-state index contributed by atoms with van der Waals surface area (Å²) in [6.07, 6.45) is 0. The van der Waals surface area contributed by atoms with E-state index in [9.17, 15) is 0 Å². The van der Waals surface area contributed by atoms with Crippen molar-refractivity contribution in [2.24, 2.45) is 0 Å². The van der Waals surface area contributed by atoms with Gasteiger partial charge in [-0.25, -0.2) is 0 Å². The monoisotopic (exact) mass is 324 g/mol. The summed E-state index contributed by atoms with van der Waals surface area (Å²) in [6, 6.07) is 0. The molecule has 0 saturated carbocycles. The molecule has 13 heavy (non-hydrogen) atoms. The molecule has 86 valence electrons. The highest BCUT2D eigenvalue weighted by molar-refractivity contribution is 4.31. The first kappa shape index (κ1) is 23.6. The SMILES string of the molecule is CC[N+](CC)(CC)CC.C[NH3+].[Cl-].[I-]. The maximum Gasteiger partial charge on any atom is 0.0757 e. The predicted octanol–water partition coefficient (Wildman–Crippen LogP) is -5.25. The summed E-state index contributed by atoms with van der Waals surface area (Å²) in [5, 5.41) is 0. The van der Waals surface area contributed by atoms with Crippen molar-refractivity contribution in [3.8, 4) is 0 Å². The molecule has 0 aliphatic heterocycles. The largest absolute Gasteiger partial charge is 1.00 e. The Kier molecular flexibility index (Phi) is 28.0. The fourth-order valence-electron chi connectivity index (χ4n) is 1.34. The molecule has 2 nitrogen and oxygen atoms in total. The van der Waals surface area contributed by atoms with Crippen molar-refractivity contribution < 1.29 is 46.6 Å². The van der Waals surface area contributed by atoms with Crippen LogP contribution in [-0.4, -0.2) is 37.7 Å². The average molecular weight is 325 g/mol. The lowest BCUT2D eigenvalue weighted by atomic mass is 10.3. The van der Waals surface area contributed by atoms with Crippen LogP contribution in [0.5, 0.6) is 0 Å². The van der Waals surface area contributed by atoms with Crippen LogP contribution >= 0.6 is 0 Å². The van der Waals surface area contributed by atoms with Crippen molar-refractivity contribution in [3.05, 3.63) is 0 Å². The summed E-state index contributed by atoms with van der Waals surface area (Å²) >= 11 is 0. The second-order valence-corrected chi connectivity index (χ2v) is 2.61. The zero-order valence-corrected chi connectivity index (χ0v) is 12.7. The molecule has 0 heterocycles. The van der Waals surface area contributed by atoms with Gasteiger partial charge in [0, 0.05) is 0 Å². The molecule has 0 radical (unpaired) electrons. The van der Waals surface area contributed by atoms with Crippen LogP contribution < -0.4 is 42.1 Å². The molecule has 0 unspecified atom stereocenters. The average Bonchev–Trinajstić information content (AvgIpc) is 2.13. The van der Waals surface area contributed by atoms with Crippen LogP contribution in [0.15, 0.2) is 0 Å². The van der Waals surface area contributed by atoms with E-state index < -0.39 is 0 Å². The summed E-state index contributed by atoms with van der Waals surface area (Å²) in [5.74, 6) is 0. The molecule has 4 heteroatoms. The quantitative estimate of drug-likeness (QED) is 0.395. The normalized spacial score (nSPS) is 8.77. The van der Waals surface area contributed by atoms with E-state index in [4.69, 9.17) is 0 Å². The van der Waals surface area contributed by atoms with Crippen LogP contribution in [0.4, 0.5) is 0 Å². The van der Waals surface area contributed by atoms with Crippen molar-refractivity contribution in [1.82, 2.24) is 0 Å². The molecule has 0 atom stereocenters. The minimum Gasteiger partial charge on any atom is -1.00 e. The fourth-order valence-corrected chi connectivity index (χ4v) is 1.34. The number of quaternary nitrogens is 2. The first-order valence-electron chi connectivity index (χ1n) is 4.80. The van der Waals surface area contributed by atoms with Gasteiger partial charge < -0.3 is 46.6 Å². The van der Waals surface area contributed by atoms with Crippen LogP contribution in [0.1, 0.15) is 27.7 Å². The third kappa shape index (κ3) is 9.25. The second-order valence-electron chi connectivity index (χ2n) is 2.61. The lowest BCUT2D eigenvalue weighted by molar-refractivity contribution is -0.921. The highest BCUT2D eigenvalue weighted by atomic mass is 127. The van der Waals surface area contributed by atoms with Crippen molar-refractivity contribution in [2.75, 3.05) is 33.2 Å². The summed E-state index contributed by atoms with van der Waals surface area (Å²) in [6.45, 7) is 14.2. The number of rotatable bonds is 4. The molecule has 0 bridgehead atoms. The standard InChI is InChI=1S/C8H20N.CH5N.ClH.HI/c1-5-9(6-2,7-3)8-4;1-2;;/h5-8H2,1-4H3;2H2,1H3;2*1H/q+1;;;/p-1. The Hall–Kier alpha value is 0.940. The summed E-state index contributed by atoms with van der Waals surface area (Å²) in [7, 11) is 1.75. The van der Waals surface area contributed by atoms with Gasteiger partial charge in [0.25, 0.3) is 0 Å². The van der Waals surface area contributed by atoms with Gasteiger partial charge >= 0.3 is 0 Å². The van der Waals surface area contributed by atoms with E-state index in [-0.39, 0.29) is 36.4 Å². The van der Waals surface area contributed by atoms with Crippen LogP contribution in [-0.2, 0) is 0 Å². The maximum absolute atomic E-state index is 3.25. The van der Waals surface area contributed by atoms with Gasteiger partial charge in [-0.3, -0.25) is 0 Å². The number of halogens is 2. The lowest BCUT2D eigenvalue weighted by Crippen LogP contribution is -3.00. The fraction of sp³-hybridized carbons (Fsp3) is 1.00. The first-order valence-corrected chi connectivity index (χ1v) is 4.80. The Morgan fingerprint density at radius 2 is 0.923 bits per heavy atom. The Labute approximate surface area is 107 Å². The van der Waals surface area contributed by atoms with E-state index in [1.54, 1.807) is 7.05 Å². The van der Waals surface area contributed by atoms with Crippen molar-refractivity contribution in [2.45, 2.75) is 27.7 Å². The van der Waals surface area contributed by atoms with E-state index in [0.717, 1.165) is 0 Å². The second kappa shape index (κ2) is 15.4. The molecule has 0 aromatic rings. The van der Waals surface area contributed by atoms with Crippen molar-refractivity contribution >= 4 is 0 Å². The van der Waals surface area contributed by atoms with E-state index in [2.05, 4.69) is 33.4 Å². The molecule has 0 rings (SSSR count). The molecule has 0 aliphatic carbocycles. The van der Waals surface area contributed by atoms with E-state index in [1.165, 1.54) is 30.7 Å². The molecule has 0 saturated heterocycles. The van der Waals surface area contributed by atoms with Gasteiger partial charge in [-0.1, -0.05) is 0 Å². The van der Waals surface area contributed by atoms with E-state index in [0.29, 0.717) is 0 Å². The predicted molar refractivity (Wildman–Crippen MR) is 51.2 cm³/mol. The topological polar surface area (TPSA) is 27.6 Å². The van der Waals surface area contributed by atoms with Gasteiger partial charge in [0.2, 0.25) is 0 Å². The Bertz CT molecular complexity index is 60.5. The van der Waals surface area contributed by atoms with Gasteiger partial charge in [-0.15, -0.1) is 0 Å². The van der Waals surface area contributed by atoms with Crippen LogP contribution in [0, 0.1) is 0 Å². The molecule has 0 aliphatic rings. The van der Waals surface area contributed by atoms with Crippen molar-refractivity contribution in [1.29, 1.82) is 0 Å². The zero-order chi connectivity index (χ0) is 9.33. The lowest BCUT2D eigenvalue weighted by Gasteiger charge is -2.34. The zero-order valence-electron chi connectivity index (χ0n) is 9.74. The van der Waals surface area contributed by atoms with Crippen LogP contribution in [0.2, 0.25) is 0 Å². The number of hydrogen-bond acceptors (Lipinski definition) is 0. The minimum atomic E-state index is 0. The molecular formula is C9H26ClIN2. The first-order chi connectivity index (χ1) is 5.24. The van der Waals surface area contributed by atoms with E-state index >= 15 is 0 Å². The third-order valence-electron chi connectivity index (χ3n) is 2.68. The van der Waals surface area contributed by atoms with Gasteiger partial charge in [-0.05, 0) is 27.7 Å². The summed E-state index contributed by atoms with van der Waals surface area (Å²) in [4.78, 5) is 0.